The summed E-state index contributed by atoms with van der Waals surface area (Å²) in [5.74, 6) is 0.260. The number of fused-ring (bicyclic) bond motifs is 1. The van der Waals surface area contributed by atoms with E-state index in [0.29, 0.717) is 0 Å². The van der Waals surface area contributed by atoms with Crippen LogP contribution in [0.15, 0.2) is 22.1 Å². The molecule has 0 saturated heterocycles. The average Bonchev–Trinajstić information content (AvgIpc) is 2.27. The van der Waals surface area contributed by atoms with E-state index in [2.05, 4.69) is 20.9 Å². The second kappa shape index (κ2) is 2.46. The van der Waals surface area contributed by atoms with Gasteiger partial charge in [0.25, 0.3) is 0 Å². The molecular formula is C7H4BrNOS. The lowest BCUT2D eigenvalue weighted by atomic mass is 10.3. The molecule has 1 aromatic carbocycles. The summed E-state index contributed by atoms with van der Waals surface area (Å²) < 4.78 is 1.92. The summed E-state index contributed by atoms with van der Waals surface area (Å²) in [5, 5.41) is 9.09. The maximum Gasteiger partial charge on any atom is 0.160 e. The highest BCUT2D eigenvalue weighted by Gasteiger charge is 2.00. The summed E-state index contributed by atoms with van der Waals surface area (Å²) in [7, 11) is 0. The first-order valence-electron chi connectivity index (χ1n) is 3.01. The Morgan fingerprint density at radius 1 is 1.45 bits per heavy atom. The van der Waals surface area contributed by atoms with Crippen LogP contribution in [0.3, 0.4) is 0 Å². The molecule has 0 fully saturated rings. The van der Waals surface area contributed by atoms with Gasteiger partial charge in [-0.3, -0.25) is 0 Å². The predicted molar refractivity (Wildman–Crippen MR) is 49.0 cm³/mol. The number of aromatic nitrogens is 1. The first-order chi connectivity index (χ1) is 5.25. The quantitative estimate of drug-likeness (QED) is 0.754. The van der Waals surface area contributed by atoms with Crippen LogP contribution in [-0.2, 0) is 0 Å². The topological polar surface area (TPSA) is 33.1 Å². The third kappa shape index (κ3) is 1.23. The standard InChI is InChI=1S/C7H4BrNOS/c8-7-9-5-3-4(10)1-2-6(5)11-7/h1-3,10H. The van der Waals surface area contributed by atoms with E-state index in [4.69, 9.17) is 5.11 Å². The molecule has 0 aliphatic heterocycles. The van der Waals surface area contributed by atoms with Gasteiger partial charge in [-0.1, -0.05) is 0 Å². The van der Waals surface area contributed by atoms with Crippen molar-refractivity contribution in [2.75, 3.05) is 0 Å². The van der Waals surface area contributed by atoms with Gasteiger partial charge in [-0.25, -0.2) is 4.98 Å². The number of hydrogen-bond acceptors (Lipinski definition) is 3. The summed E-state index contributed by atoms with van der Waals surface area (Å²) in [4.78, 5) is 4.15. The van der Waals surface area contributed by atoms with Crippen molar-refractivity contribution in [1.82, 2.24) is 4.98 Å². The molecular weight excluding hydrogens is 226 g/mol. The normalized spacial score (nSPS) is 10.6. The molecule has 0 unspecified atom stereocenters. The highest BCUT2D eigenvalue weighted by molar-refractivity contribution is 9.11. The molecule has 2 nitrogen and oxygen atoms in total. The number of phenolic OH excluding ortho intramolecular Hbond substituents is 1. The van der Waals surface area contributed by atoms with E-state index in [0.717, 1.165) is 14.1 Å². The molecule has 0 saturated carbocycles. The summed E-state index contributed by atoms with van der Waals surface area (Å²) in [5.41, 5.74) is 0.835. The molecule has 2 rings (SSSR count). The molecule has 4 heteroatoms. The Hall–Kier alpha value is -0.610. The highest BCUT2D eigenvalue weighted by Crippen LogP contribution is 2.27. The van der Waals surface area contributed by atoms with Crippen LogP contribution in [0.1, 0.15) is 0 Å². The molecule has 1 heterocycles. The molecule has 1 N–H and O–H groups in total. The zero-order valence-corrected chi connectivity index (χ0v) is 7.82. The SMILES string of the molecule is Oc1ccc2sc(Br)nc2c1. The molecule has 56 valence electrons. The van der Waals surface area contributed by atoms with Crippen molar-refractivity contribution in [3.05, 3.63) is 22.1 Å². The summed E-state index contributed by atoms with van der Waals surface area (Å²) in [6, 6.07) is 5.16. The average molecular weight is 230 g/mol. The second-order valence-electron chi connectivity index (χ2n) is 2.12. The van der Waals surface area contributed by atoms with Crippen LogP contribution in [0.25, 0.3) is 10.2 Å². The Kier molecular flexibility index (Phi) is 1.58. The second-order valence-corrected chi connectivity index (χ2v) is 4.43. The fourth-order valence-corrected chi connectivity index (χ4v) is 2.27. The zero-order valence-electron chi connectivity index (χ0n) is 5.41. The minimum Gasteiger partial charge on any atom is -0.508 e. The monoisotopic (exact) mass is 229 g/mol. The number of phenols is 1. The van der Waals surface area contributed by atoms with Gasteiger partial charge in [0.05, 0.1) is 10.2 Å². The number of thiazole rings is 1. The van der Waals surface area contributed by atoms with Crippen LogP contribution >= 0.6 is 27.3 Å². The Morgan fingerprint density at radius 2 is 2.27 bits per heavy atom. The van der Waals surface area contributed by atoms with Crippen molar-refractivity contribution < 1.29 is 5.11 Å². The smallest absolute Gasteiger partial charge is 0.160 e. The largest absolute Gasteiger partial charge is 0.508 e. The van der Waals surface area contributed by atoms with Crippen LogP contribution in [0, 0.1) is 0 Å². The molecule has 0 aliphatic rings. The highest BCUT2D eigenvalue weighted by atomic mass is 79.9. The van der Waals surface area contributed by atoms with Gasteiger partial charge in [0.15, 0.2) is 3.92 Å². The first kappa shape index (κ1) is 7.06. The zero-order chi connectivity index (χ0) is 7.84. The number of halogens is 1. The minimum absolute atomic E-state index is 0.260. The molecule has 0 spiro atoms. The number of hydrogen-bond donors (Lipinski definition) is 1. The van der Waals surface area contributed by atoms with E-state index in [1.165, 1.54) is 0 Å². The van der Waals surface area contributed by atoms with Crippen molar-refractivity contribution in [1.29, 1.82) is 0 Å². The molecule has 0 amide bonds. The first-order valence-corrected chi connectivity index (χ1v) is 4.62. The fourth-order valence-electron chi connectivity index (χ4n) is 0.888. The third-order valence-corrected chi connectivity index (χ3v) is 2.83. The minimum atomic E-state index is 0.260. The molecule has 0 atom stereocenters. The Bertz CT molecular complexity index is 398. The van der Waals surface area contributed by atoms with E-state index < -0.39 is 0 Å². The molecule has 2 aromatic rings. The van der Waals surface area contributed by atoms with Gasteiger partial charge in [0.2, 0.25) is 0 Å². The van der Waals surface area contributed by atoms with Crippen molar-refractivity contribution in [3.63, 3.8) is 0 Å². The maximum atomic E-state index is 9.09. The van der Waals surface area contributed by atoms with Gasteiger partial charge in [0, 0.05) is 6.07 Å². The lowest BCUT2D eigenvalue weighted by Crippen LogP contribution is -1.66. The summed E-state index contributed by atoms with van der Waals surface area (Å²) in [6.07, 6.45) is 0. The van der Waals surface area contributed by atoms with Crippen molar-refractivity contribution in [3.8, 4) is 5.75 Å². The number of benzene rings is 1. The van der Waals surface area contributed by atoms with Gasteiger partial charge in [0.1, 0.15) is 5.75 Å². The number of aromatic hydroxyl groups is 1. The van der Waals surface area contributed by atoms with Crippen molar-refractivity contribution in [2.45, 2.75) is 0 Å². The van der Waals surface area contributed by atoms with Gasteiger partial charge in [-0.15, -0.1) is 11.3 Å². The molecule has 0 aliphatic carbocycles. The lowest BCUT2D eigenvalue weighted by molar-refractivity contribution is 0.476. The molecule has 1 aromatic heterocycles. The van der Waals surface area contributed by atoms with Gasteiger partial charge in [-0.2, -0.15) is 0 Å². The number of nitrogens with zero attached hydrogens (tertiary/aromatic N) is 1. The maximum absolute atomic E-state index is 9.09. The van der Waals surface area contributed by atoms with Crippen LogP contribution in [0.4, 0.5) is 0 Å². The predicted octanol–water partition coefficient (Wildman–Crippen LogP) is 2.76. The van der Waals surface area contributed by atoms with Gasteiger partial charge in [-0.05, 0) is 28.1 Å². The number of rotatable bonds is 0. The summed E-state index contributed by atoms with van der Waals surface area (Å²) >= 11 is 4.83. The van der Waals surface area contributed by atoms with Crippen LogP contribution in [0.5, 0.6) is 5.75 Å². The van der Waals surface area contributed by atoms with Crippen LogP contribution in [0.2, 0.25) is 0 Å². The molecule has 0 bridgehead atoms. The van der Waals surface area contributed by atoms with Crippen LogP contribution in [-0.4, -0.2) is 10.1 Å². The van der Waals surface area contributed by atoms with E-state index in [-0.39, 0.29) is 5.75 Å². The van der Waals surface area contributed by atoms with E-state index in [1.807, 2.05) is 6.07 Å². The van der Waals surface area contributed by atoms with E-state index in [9.17, 15) is 0 Å². The van der Waals surface area contributed by atoms with Gasteiger partial charge < -0.3 is 5.11 Å². The van der Waals surface area contributed by atoms with E-state index >= 15 is 0 Å². The van der Waals surface area contributed by atoms with Crippen molar-refractivity contribution in [2.24, 2.45) is 0 Å². The Balaban J connectivity index is 2.82. The van der Waals surface area contributed by atoms with Crippen LogP contribution < -0.4 is 0 Å². The Morgan fingerprint density at radius 3 is 3.09 bits per heavy atom. The van der Waals surface area contributed by atoms with E-state index in [1.54, 1.807) is 23.5 Å². The summed E-state index contributed by atoms with van der Waals surface area (Å²) in [6.45, 7) is 0. The third-order valence-electron chi connectivity index (χ3n) is 1.35. The Labute approximate surface area is 75.6 Å². The van der Waals surface area contributed by atoms with Gasteiger partial charge >= 0.3 is 0 Å². The molecule has 11 heavy (non-hydrogen) atoms. The molecule has 0 radical (unpaired) electrons. The fraction of sp³-hybridized carbons (Fsp3) is 0. The lowest BCUT2D eigenvalue weighted by Gasteiger charge is -1.87. The van der Waals surface area contributed by atoms with Crippen molar-refractivity contribution >= 4 is 37.5 Å².